The highest BCUT2D eigenvalue weighted by Gasteiger charge is 2.29. The molecule has 0 bridgehead atoms. The zero-order valence-electron chi connectivity index (χ0n) is 14.6. The first-order valence-corrected chi connectivity index (χ1v) is 8.88. The van der Waals surface area contributed by atoms with Crippen molar-refractivity contribution in [3.05, 3.63) is 35.9 Å². The molecule has 1 aromatic carbocycles. The molecule has 1 amide bonds. The van der Waals surface area contributed by atoms with Gasteiger partial charge in [-0.25, -0.2) is 0 Å². The average Bonchev–Trinajstić information content (AvgIpc) is 2.54. The quantitative estimate of drug-likeness (QED) is 0.813. The fraction of sp³-hybridized carbons (Fsp3) is 0.632. The molecule has 0 spiro atoms. The summed E-state index contributed by atoms with van der Waals surface area (Å²) in [6, 6.07) is 11.0. The molecule has 1 aromatic rings. The Morgan fingerprint density at radius 1 is 1.35 bits per heavy atom. The molecular weight excluding hydrogens is 286 g/mol. The van der Waals surface area contributed by atoms with Gasteiger partial charge in [-0.05, 0) is 38.3 Å². The maximum absolute atomic E-state index is 12.3. The van der Waals surface area contributed by atoms with Gasteiger partial charge in [0.1, 0.15) is 0 Å². The summed E-state index contributed by atoms with van der Waals surface area (Å²) in [5.41, 5.74) is 6.70. The van der Waals surface area contributed by atoms with E-state index in [-0.39, 0.29) is 5.91 Å². The molecule has 1 aliphatic heterocycles. The van der Waals surface area contributed by atoms with Crippen LogP contribution in [0.3, 0.4) is 0 Å². The third-order valence-corrected chi connectivity index (χ3v) is 4.76. The van der Waals surface area contributed by atoms with Crippen LogP contribution in [0.15, 0.2) is 30.3 Å². The Hall–Kier alpha value is -1.39. The highest BCUT2D eigenvalue weighted by Crippen LogP contribution is 2.19. The smallest absolute Gasteiger partial charge is 0.239 e. The largest absolute Gasteiger partial charge is 0.353 e. The number of piperidine rings is 1. The molecule has 0 aliphatic carbocycles. The molecule has 2 atom stereocenters. The van der Waals surface area contributed by atoms with E-state index < -0.39 is 5.54 Å². The number of carbonyl (C=O) groups is 1. The van der Waals surface area contributed by atoms with Crippen LogP contribution >= 0.6 is 0 Å². The Morgan fingerprint density at radius 2 is 2.09 bits per heavy atom. The Labute approximate surface area is 140 Å². The van der Waals surface area contributed by atoms with Crippen molar-refractivity contribution in [3.8, 4) is 0 Å². The van der Waals surface area contributed by atoms with E-state index in [0.29, 0.717) is 12.6 Å². The van der Waals surface area contributed by atoms with Crippen LogP contribution in [0.5, 0.6) is 0 Å². The number of nitrogens with one attached hydrogen (secondary N) is 1. The second kappa shape index (κ2) is 8.46. The van der Waals surface area contributed by atoms with Crippen molar-refractivity contribution in [1.29, 1.82) is 0 Å². The van der Waals surface area contributed by atoms with Gasteiger partial charge in [-0.15, -0.1) is 0 Å². The lowest BCUT2D eigenvalue weighted by Crippen LogP contribution is -2.55. The molecule has 0 radical (unpaired) electrons. The third-order valence-electron chi connectivity index (χ3n) is 4.76. The first-order valence-electron chi connectivity index (χ1n) is 8.88. The normalized spacial score (nSPS) is 21.6. The third kappa shape index (κ3) is 5.33. The molecule has 1 fully saturated rings. The predicted molar refractivity (Wildman–Crippen MR) is 95.0 cm³/mol. The van der Waals surface area contributed by atoms with E-state index in [0.717, 1.165) is 32.4 Å². The van der Waals surface area contributed by atoms with Crippen LogP contribution in [-0.4, -0.2) is 35.5 Å². The number of nitrogens with two attached hydrogens (primary N) is 1. The lowest BCUT2D eigenvalue weighted by atomic mass is 9.96. The minimum Gasteiger partial charge on any atom is -0.353 e. The fourth-order valence-corrected chi connectivity index (χ4v) is 3.36. The molecule has 4 nitrogen and oxygen atoms in total. The van der Waals surface area contributed by atoms with E-state index in [9.17, 15) is 4.79 Å². The molecule has 128 valence electrons. The van der Waals surface area contributed by atoms with Crippen LogP contribution in [-0.2, 0) is 11.3 Å². The molecule has 1 heterocycles. The van der Waals surface area contributed by atoms with Crippen LogP contribution in [0.2, 0.25) is 0 Å². The van der Waals surface area contributed by atoms with Crippen molar-refractivity contribution in [2.75, 3.05) is 13.1 Å². The maximum Gasteiger partial charge on any atom is 0.239 e. The zero-order chi connectivity index (χ0) is 16.7. The number of hydrogen-bond donors (Lipinski definition) is 2. The lowest BCUT2D eigenvalue weighted by molar-refractivity contribution is -0.126. The van der Waals surface area contributed by atoms with E-state index in [1.54, 1.807) is 0 Å². The van der Waals surface area contributed by atoms with E-state index in [1.165, 1.54) is 18.4 Å². The van der Waals surface area contributed by atoms with Crippen LogP contribution in [0, 0.1) is 0 Å². The van der Waals surface area contributed by atoms with Crippen molar-refractivity contribution in [1.82, 2.24) is 10.2 Å². The fourth-order valence-electron chi connectivity index (χ4n) is 3.36. The maximum atomic E-state index is 12.3. The van der Waals surface area contributed by atoms with Crippen LogP contribution in [0.25, 0.3) is 0 Å². The van der Waals surface area contributed by atoms with Gasteiger partial charge in [0.15, 0.2) is 0 Å². The Balaban J connectivity index is 1.90. The molecule has 3 N–H and O–H groups in total. The number of amides is 1. The molecule has 2 unspecified atom stereocenters. The van der Waals surface area contributed by atoms with Crippen LogP contribution in [0.1, 0.15) is 51.5 Å². The number of carbonyl (C=O) groups excluding carboxylic acids is 1. The molecule has 0 aromatic heterocycles. The SMILES string of the molecule is CCCC(C)(N)C(=O)NCC1CCCCN1Cc1ccccc1. The van der Waals surface area contributed by atoms with Crippen molar-refractivity contribution < 1.29 is 4.79 Å². The van der Waals surface area contributed by atoms with Crippen molar-refractivity contribution in [2.45, 2.75) is 64.1 Å². The van der Waals surface area contributed by atoms with Gasteiger partial charge < -0.3 is 11.1 Å². The van der Waals surface area contributed by atoms with Gasteiger partial charge in [-0.2, -0.15) is 0 Å². The number of likely N-dealkylation sites (tertiary alicyclic amines) is 1. The van der Waals surface area contributed by atoms with Gasteiger partial charge in [-0.3, -0.25) is 9.69 Å². The minimum absolute atomic E-state index is 0.0235. The van der Waals surface area contributed by atoms with Gasteiger partial charge in [0.2, 0.25) is 5.91 Å². The van der Waals surface area contributed by atoms with Crippen molar-refractivity contribution in [2.24, 2.45) is 5.73 Å². The highest BCUT2D eigenvalue weighted by atomic mass is 16.2. The summed E-state index contributed by atoms with van der Waals surface area (Å²) in [6.45, 7) is 6.64. The van der Waals surface area contributed by atoms with E-state index in [2.05, 4.69) is 41.4 Å². The van der Waals surface area contributed by atoms with Crippen LogP contribution in [0.4, 0.5) is 0 Å². The lowest BCUT2D eigenvalue weighted by Gasteiger charge is -2.36. The topological polar surface area (TPSA) is 58.4 Å². The molecule has 4 heteroatoms. The second-order valence-corrected chi connectivity index (χ2v) is 6.98. The molecule has 2 rings (SSSR count). The number of benzene rings is 1. The molecular formula is C19H31N3O. The van der Waals surface area contributed by atoms with Crippen molar-refractivity contribution in [3.63, 3.8) is 0 Å². The predicted octanol–water partition coefficient (Wildman–Crippen LogP) is 2.67. The monoisotopic (exact) mass is 317 g/mol. The summed E-state index contributed by atoms with van der Waals surface area (Å²) in [5.74, 6) is -0.0235. The summed E-state index contributed by atoms with van der Waals surface area (Å²) < 4.78 is 0. The standard InChI is InChI=1S/C19H31N3O/c1-3-12-19(2,20)18(23)21-14-17-11-7-8-13-22(17)15-16-9-5-4-6-10-16/h4-6,9-10,17H,3,7-8,11-15,20H2,1-2H3,(H,21,23). The Kier molecular flexibility index (Phi) is 6.60. The minimum atomic E-state index is -0.756. The Morgan fingerprint density at radius 3 is 2.78 bits per heavy atom. The second-order valence-electron chi connectivity index (χ2n) is 6.98. The summed E-state index contributed by atoms with van der Waals surface area (Å²) in [5, 5.41) is 3.09. The van der Waals surface area contributed by atoms with E-state index >= 15 is 0 Å². The number of hydrogen-bond acceptors (Lipinski definition) is 3. The number of rotatable bonds is 7. The molecule has 0 saturated carbocycles. The first-order chi connectivity index (χ1) is 11.0. The van der Waals surface area contributed by atoms with Gasteiger partial charge in [-0.1, -0.05) is 50.1 Å². The molecule has 1 saturated heterocycles. The van der Waals surface area contributed by atoms with Crippen LogP contribution < -0.4 is 11.1 Å². The first kappa shape index (κ1) is 18.0. The summed E-state index contributed by atoms with van der Waals surface area (Å²) in [4.78, 5) is 14.8. The zero-order valence-corrected chi connectivity index (χ0v) is 14.6. The van der Waals surface area contributed by atoms with Gasteiger partial charge >= 0.3 is 0 Å². The highest BCUT2D eigenvalue weighted by molar-refractivity contribution is 5.85. The Bertz CT molecular complexity index is 487. The van der Waals surface area contributed by atoms with Gasteiger partial charge in [0.25, 0.3) is 0 Å². The molecule has 1 aliphatic rings. The van der Waals surface area contributed by atoms with Gasteiger partial charge in [0, 0.05) is 19.1 Å². The summed E-state index contributed by atoms with van der Waals surface area (Å²) in [7, 11) is 0. The molecule has 23 heavy (non-hydrogen) atoms. The summed E-state index contributed by atoms with van der Waals surface area (Å²) in [6.07, 6.45) is 5.26. The van der Waals surface area contributed by atoms with E-state index in [4.69, 9.17) is 5.73 Å². The van der Waals surface area contributed by atoms with Gasteiger partial charge in [0.05, 0.1) is 5.54 Å². The van der Waals surface area contributed by atoms with E-state index in [1.807, 2.05) is 13.0 Å². The summed E-state index contributed by atoms with van der Waals surface area (Å²) >= 11 is 0. The average molecular weight is 317 g/mol. The number of nitrogens with zero attached hydrogens (tertiary/aromatic N) is 1. The van der Waals surface area contributed by atoms with Crippen molar-refractivity contribution >= 4 is 5.91 Å².